The van der Waals surface area contributed by atoms with E-state index in [-0.39, 0.29) is 21.9 Å². The Balaban J connectivity index is 2.30. The van der Waals surface area contributed by atoms with Gasteiger partial charge in [0.1, 0.15) is 11.3 Å². The lowest BCUT2D eigenvalue weighted by Gasteiger charge is -2.06. The smallest absolute Gasteiger partial charge is 0.260 e. The van der Waals surface area contributed by atoms with Crippen LogP contribution < -0.4 is 5.32 Å². The van der Waals surface area contributed by atoms with E-state index in [4.69, 9.17) is 23.2 Å². The summed E-state index contributed by atoms with van der Waals surface area (Å²) in [6, 6.07) is 0. The van der Waals surface area contributed by atoms with Crippen molar-refractivity contribution in [1.29, 1.82) is 0 Å². The Kier molecular flexibility index (Phi) is 3.49. The summed E-state index contributed by atoms with van der Waals surface area (Å²) in [5.41, 5.74) is 1.73. The highest BCUT2D eigenvalue weighted by Gasteiger charge is 2.17. The van der Waals surface area contributed by atoms with Gasteiger partial charge in [0.05, 0.1) is 11.3 Å². The van der Waals surface area contributed by atoms with Gasteiger partial charge in [0, 0.05) is 5.69 Å². The van der Waals surface area contributed by atoms with Crippen LogP contribution in [0.3, 0.4) is 0 Å². The molecule has 94 valence electrons. The van der Waals surface area contributed by atoms with E-state index in [1.807, 2.05) is 0 Å². The molecule has 0 radical (unpaired) electrons. The number of H-pyrrole nitrogens is 1. The molecule has 0 bridgehead atoms. The lowest BCUT2D eigenvalue weighted by Crippen LogP contribution is -2.15. The Morgan fingerprint density at radius 1 is 1.33 bits per heavy atom. The first kappa shape index (κ1) is 12.8. The number of anilines is 1. The number of hydrogen-bond acceptors (Lipinski definition) is 4. The summed E-state index contributed by atoms with van der Waals surface area (Å²) in [5.74, 6) is -0.183. The second kappa shape index (κ2) is 4.91. The summed E-state index contributed by atoms with van der Waals surface area (Å²) in [7, 11) is 0. The predicted molar refractivity (Wildman–Crippen MR) is 68.1 cm³/mol. The molecule has 2 N–H and O–H groups in total. The minimum atomic E-state index is -0.351. The zero-order valence-electron chi connectivity index (χ0n) is 9.58. The van der Waals surface area contributed by atoms with Gasteiger partial charge in [0.15, 0.2) is 11.0 Å². The quantitative estimate of drug-likeness (QED) is 0.830. The molecule has 2 aromatic heterocycles. The highest BCUT2D eigenvalue weighted by Crippen LogP contribution is 2.26. The van der Waals surface area contributed by atoms with E-state index in [0.29, 0.717) is 17.0 Å². The predicted octanol–water partition coefficient (Wildman–Crippen LogP) is 2.38. The van der Waals surface area contributed by atoms with Gasteiger partial charge in [-0.15, -0.1) is 0 Å². The molecule has 0 saturated heterocycles. The van der Waals surface area contributed by atoms with Crippen LogP contribution in [0.4, 0.5) is 5.82 Å². The minimum absolute atomic E-state index is 0.0857. The van der Waals surface area contributed by atoms with Crippen molar-refractivity contribution < 1.29 is 4.79 Å². The third-order valence-electron chi connectivity index (χ3n) is 2.33. The Bertz CT molecular complexity index is 591. The number of aromatic amines is 1. The van der Waals surface area contributed by atoms with Crippen molar-refractivity contribution >= 4 is 34.9 Å². The number of carbonyl (C=O) groups is 1. The molecule has 18 heavy (non-hydrogen) atoms. The zero-order chi connectivity index (χ0) is 13.3. The van der Waals surface area contributed by atoms with Crippen LogP contribution in [-0.2, 0) is 0 Å². The van der Waals surface area contributed by atoms with E-state index in [9.17, 15) is 4.79 Å². The molecule has 0 saturated carbocycles. The number of nitrogens with one attached hydrogen (secondary N) is 2. The van der Waals surface area contributed by atoms with Crippen molar-refractivity contribution in [2.24, 2.45) is 0 Å². The molecule has 0 fully saturated rings. The van der Waals surface area contributed by atoms with Crippen LogP contribution in [0.1, 0.15) is 21.7 Å². The SMILES string of the molecule is Cc1n[nH]c(C)c1C(=O)Nc1ncnc(Cl)c1Cl. The van der Waals surface area contributed by atoms with Crippen molar-refractivity contribution in [3.63, 3.8) is 0 Å². The molecule has 0 unspecified atom stereocenters. The molecule has 0 aliphatic rings. The molecule has 0 spiro atoms. The molecule has 6 nitrogen and oxygen atoms in total. The third-order valence-corrected chi connectivity index (χ3v) is 3.08. The maximum absolute atomic E-state index is 12.0. The van der Waals surface area contributed by atoms with Gasteiger partial charge in [-0.25, -0.2) is 9.97 Å². The summed E-state index contributed by atoms with van der Waals surface area (Å²) in [4.78, 5) is 19.6. The highest BCUT2D eigenvalue weighted by atomic mass is 35.5. The molecule has 8 heteroatoms. The van der Waals surface area contributed by atoms with E-state index in [0.717, 1.165) is 0 Å². The summed E-state index contributed by atoms with van der Waals surface area (Å²) in [6.45, 7) is 3.48. The van der Waals surface area contributed by atoms with Gasteiger partial charge >= 0.3 is 0 Å². The second-order valence-electron chi connectivity index (χ2n) is 3.59. The molecule has 0 aliphatic heterocycles. The van der Waals surface area contributed by atoms with Crippen molar-refractivity contribution in [3.05, 3.63) is 33.5 Å². The Morgan fingerprint density at radius 3 is 2.67 bits per heavy atom. The van der Waals surface area contributed by atoms with Crippen LogP contribution in [0.5, 0.6) is 0 Å². The molecule has 2 aromatic rings. The van der Waals surface area contributed by atoms with Gasteiger partial charge in [-0.2, -0.15) is 5.10 Å². The van der Waals surface area contributed by atoms with Crippen molar-refractivity contribution in [2.75, 3.05) is 5.32 Å². The fourth-order valence-electron chi connectivity index (χ4n) is 1.49. The monoisotopic (exact) mass is 285 g/mol. The van der Waals surface area contributed by atoms with Crippen LogP contribution in [0.15, 0.2) is 6.33 Å². The number of halogens is 2. The van der Waals surface area contributed by atoms with Crippen molar-refractivity contribution in [2.45, 2.75) is 13.8 Å². The topological polar surface area (TPSA) is 83.6 Å². The molecule has 0 aromatic carbocycles. The Labute approximate surface area is 113 Å². The summed E-state index contributed by atoms with van der Waals surface area (Å²) < 4.78 is 0. The summed E-state index contributed by atoms with van der Waals surface area (Å²) in [5, 5.41) is 9.43. The van der Waals surface area contributed by atoms with E-state index in [1.54, 1.807) is 13.8 Å². The second-order valence-corrected chi connectivity index (χ2v) is 4.33. The standard InChI is InChI=1S/C10H9Cl2N5O/c1-4-6(5(2)17-16-4)10(18)15-9-7(11)8(12)13-3-14-9/h3H,1-2H3,(H,16,17)(H,13,14,15,18). The van der Waals surface area contributed by atoms with E-state index in [2.05, 4.69) is 25.5 Å². The average molecular weight is 286 g/mol. The Hall–Kier alpha value is -1.66. The van der Waals surface area contributed by atoms with Gasteiger partial charge in [-0.3, -0.25) is 9.89 Å². The number of hydrogen-bond donors (Lipinski definition) is 2. The maximum atomic E-state index is 12.0. The normalized spacial score (nSPS) is 10.4. The number of nitrogens with zero attached hydrogens (tertiary/aromatic N) is 3. The molecule has 0 atom stereocenters. The number of rotatable bonds is 2. The molecule has 2 rings (SSSR count). The first-order valence-corrected chi connectivity index (χ1v) is 5.75. The van der Waals surface area contributed by atoms with Gasteiger partial charge < -0.3 is 5.32 Å². The van der Waals surface area contributed by atoms with Crippen LogP contribution in [0.2, 0.25) is 10.2 Å². The average Bonchev–Trinajstić information content (AvgIpc) is 2.65. The largest absolute Gasteiger partial charge is 0.305 e. The molecule has 2 heterocycles. The van der Waals surface area contributed by atoms with E-state index >= 15 is 0 Å². The van der Waals surface area contributed by atoms with Crippen molar-refractivity contribution in [1.82, 2.24) is 20.2 Å². The van der Waals surface area contributed by atoms with Gasteiger partial charge in [-0.05, 0) is 13.8 Å². The van der Waals surface area contributed by atoms with E-state index < -0.39 is 0 Å². The molecule has 0 aliphatic carbocycles. The van der Waals surface area contributed by atoms with E-state index in [1.165, 1.54) is 6.33 Å². The first-order chi connectivity index (χ1) is 8.50. The van der Waals surface area contributed by atoms with Crippen LogP contribution >= 0.6 is 23.2 Å². The van der Waals surface area contributed by atoms with Crippen molar-refractivity contribution in [3.8, 4) is 0 Å². The number of aryl methyl sites for hydroxylation is 2. The highest BCUT2D eigenvalue weighted by molar-refractivity contribution is 6.43. The lowest BCUT2D eigenvalue weighted by molar-refractivity contribution is 0.102. The number of aromatic nitrogens is 4. The zero-order valence-corrected chi connectivity index (χ0v) is 11.1. The Morgan fingerprint density at radius 2 is 2.06 bits per heavy atom. The summed E-state index contributed by atoms with van der Waals surface area (Å²) >= 11 is 11.6. The fourth-order valence-corrected chi connectivity index (χ4v) is 1.77. The number of carbonyl (C=O) groups excluding carboxylic acids is 1. The van der Waals surface area contributed by atoms with Crippen LogP contribution in [0, 0.1) is 13.8 Å². The molecule has 1 amide bonds. The third kappa shape index (κ3) is 2.30. The first-order valence-electron chi connectivity index (χ1n) is 4.99. The van der Waals surface area contributed by atoms with Gasteiger partial charge in [0.25, 0.3) is 5.91 Å². The van der Waals surface area contributed by atoms with Crippen LogP contribution in [-0.4, -0.2) is 26.1 Å². The van der Waals surface area contributed by atoms with Gasteiger partial charge in [0.2, 0.25) is 0 Å². The minimum Gasteiger partial charge on any atom is -0.305 e. The molecular weight excluding hydrogens is 277 g/mol. The molecular formula is C10H9Cl2N5O. The van der Waals surface area contributed by atoms with Gasteiger partial charge in [-0.1, -0.05) is 23.2 Å². The number of amides is 1. The fraction of sp³-hybridized carbons (Fsp3) is 0.200. The summed E-state index contributed by atoms with van der Waals surface area (Å²) in [6.07, 6.45) is 1.22. The lowest BCUT2D eigenvalue weighted by atomic mass is 10.2. The maximum Gasteiger partial charge on any atom is 0.260 e. The van der Waals surface area contributed by atoms with Crippen LogP contribution in [0.25, 0.3) is 0 Å².